The number of halogens is 3. The number of esters is 1. The van der Waals surface area contributed by atoms with E-state index >= 15 is 0 Å². The summed E-state index contributed by atoms with van der Waals surface area (Å²) < 4.78 is 43.3. The number of hydrogen-bond donors (Lipinski definition) is 0. The first-order valence-corrected chi connectivity index (χ1v) is 8.54. The SMILES string of the molecule is COC(=O)c1cccc(Cc2nc(-c3cccc(C(F)(F)F)c3)cs2)c1. The lowest BCUT2D eigenvalue weighted by Crippen LogP contribution is -2.04. The van der Waals surface area contributed by atoms with E-state index in [0.717, 1.165) is 22.7 Å². The number of carbonyl (C=O) groups excluding carboxylic acids is 1. The van der Waals surface area contributed by atoms with Crippen molar-refractivity contribution < 1.29 is 22.7 Å². The monoisotopic (exact) mass is 377 g/mol. The van der Waals surface area contributed by atoms with Crippen LogP contribution >= 0.6 is 11.3 Å². The van der Waals surface area contributed by atoms with Crippen LogP contribution in [0, 0.1) is 0 Å². The van der Waals surface area contributed by atoms with Crippen LogP contribution in [0.15, 0.2) is 53.9 Å². The molecule has 0 atom stereocenters. The minimum atomic E-state index is -4.39. The Hall–Kier alpha value is -2.67. The van der Waals surface area contributed by atoms with E-state index in [-0.39, 0.29) is 0 Å². The molecule has 0 radical (unpaired) electrons. The molecule has 0 amide bonds. The molecular formula is C19H14F3NO2S. The molecule has 0 unspecified atom stereocenters. The molecule has 0 saturated heterocycles. The second-order valence-electron chi connectivity index (χ2n) is 5.57. The van der Waals surface area contributed by atoms with Crippen LogP contribution in [0.1, 0.15) is 26.5 Å². The van der Waals surface area contributed by atoms with Gasteiger partial charge in [-0.05, 0) is 29.8 Å². The zero-order chi connectivity index (χ0) is 18.7. The summed E-state index contributed by atoms with van der Waals surface area (Å²) >= 11 is 1.36. The average Bonchev–Trinajstić information content (AvgIpc) is 3.09. The molecular weight excluding hydrogens is 363 g/mol. The highest BCUT2D eigenvalue weighted by Gasteiger charge is 2.30. The summed E-state index contributed by atoms with van der Waals surface area (Å²) in [4.78, 5) is 16.0. The quantitative estimate of drug-likeness (QED) is 0.586. The smallest absolute Gasteiger partial charge is 0.416 e. The Kier molecular flexibility index (Phi) is 5.08. The van der Waals surface area contributed by atoms with Gasteiger partial charge in [0, 0.05) is 17.4 Å². The fraction of sp³-hybridized carbons (Fsp3) is 0.158. The third kappa shape index (κ3) is 4.11. The maximum atomic E-state index is 12.9. The topological polar surface area (TPSA) is 39.2 Å². The van der Waals surface area contributed by atoms with Crippen LogP contribution in [0.25, 0.3) is 11.3 Å². The summed E-state index contributed by atoms with van der Waals surface area (Å²) in [5.74, 6) is -0.421. The van der Waals surface area contributed by atoms with E-state index in [0.29, 0.717) is 23.2 Å². The molecule has 0 fully saturated rings. The third-order valence-corrected chi connectivity index (χ3v) is 4.59. The first-order chi connectivity index (χ1) is 12.4. The summed E-state index contributed by atoms with van der Waals surface area (Å²) in [5, 5.41) is 2.48. The summed E-state index contributed by atoms with van der Waals surface area (Å²) in [6.07, 6.45) is -3.91. The minimum absolute atomic E-state index is 0.421. The first kappa shape index (κ1) is 18.1. The van der Waals surface area contributed by atoms with Crippen molar-refractivity contribution in [2.75, 3.05) is 7.11 Å². The van der Waals surface area contributed by atoms with Gasteiger partial charge in [-0.15, -0.1) is 11.3 Å². The minimum Gasteiger partial charge on any atom is -0.465 e. The van der Waals surface area contributed by atoms with Crippen molar-refractivity contribution in [3.8, 4) is 11.3 Å². The predicted molar refractivity (Wildman–Crippen MR) is 93.1 cm³/mol. The highest BCUT2D eigenvalue weighted by molar-refractivity contribution is 7.10. The number of hydrogen-bond acceptors (Lipinski definition) is 4. The average molecular weight is 377 g/mol. The van der Waals surface area contributed by atoms with Crippen molar-refractivity contribution in [1.82, 2.24) is 4.98 Å². The lowest BCUT2D eigenvalue weighted by atomic mass is 10.1. The Balaban J connectivity index is 1.82. The zero-order valence-corrected chi connectivity index (χ0v) is 14.5. The van der Waals surface area contributed by atoms with Crippen molar-refractivity contribution >= 4 is 17.3 Å². The summed E-state index contributed by atoms with van der Waals surface area (Å²) in [5.41, 5.74) is 1.54. The number of thiazole rings is 1. The number of ether oxygens (including phenoxy) is 1. The molecule has 26 heavy (non-hydrogen) atoms. The van der Waals surface area contributed by atoms with E-state index in [1.54, 1.807) is 29.6 Å². The van der Waals surface area contributed by atoms with Crippen molar-refractivity contribution in [3.05, 3.63) is 75.6 Å². The Morgan fingerprint density at radius 1 is 1.15 bits per heavy atom. The number of methoxy groups -OCH3 is 1. The standard InChI is InChI=1S/C19H14F3NO2S/c1-25-18(24)14-6-2-4-12(8-14)9-17-23-16(11-26-17)13-5-3-7-15(10-13)19(20,21)22/h2-8,10-11H,9H2,1H3. The Morgan fingerprint density at radius 3 is 2.65 bits per heavy atom. The number of rotatable bonds is 4. The number of aromatic nitrogens is 1. The van der Waals surface area contributed by atoms with Crippen LogP contribution in [0.5, 0.6) is 0 Å². The van der Waals surface area contributed by atoms with Crippen LogP contribution in [0.4, 0.5) is 13.2 Å². The molecule has 7 heteroatoms. The van der Waals surface area contributed by atoms with Gasteiger partial charge in [-0.2, -0.15) is 13.2 Å². The lowest BCUT2D eigenvalue weighted by Gasteiger charge is -2.07. The van der Waals surface area contributed by atoms with Gasteiger partial charge in [0.1, 0.15) is 0 Å². The lowest BCUT2D eigenvalue weighted by molar-refractivity contribution is -0.137. The summed E-state index contributed by atoms with van der Waals surface area (Å²) in [6.45, 7) is 0. The Morgan fingerprint density at radius 2 is 1.92 bits per heavy atom. The molecule has 0 aliphatic rings. The third-order valence-electron chi connectivity index (χ3n) is 3.74. The molecule has 3 rings (SSSR count). The van der Waals surface area contributed by atoms with E-state index in [4.69, 9.17) is 4.74 Å². The molecule has 1 heterocycles. The van der Waals surface area contributed by atoms with Crippen LogP contribution < -0.4 is 0 Å². The molecule has 3 nitrogen and oxygen atoms in total. The Labute approximate surface area is 152 Å². The number of carbonyl (C=O) groups is 1. The zero-order valence-electron chi connectivity index (χ0n) is 13.7. The van der Waals surface area contributed by atoms with Crippen molar-refractivity contribution in [2.45, 2.75) is 12.6 Å². The van der Waals surface area contributed by atoms with E-state index in [2.05, 4.69) is 4.98 Å². The first-order valence-electron chi connectivity index (χ1n) is 7.66. The number of alkyl halides is 3. The molecule has 0 spiro atoms. The van der Waals surface area contributed by atoms with Gasteiger partial charge in [0.05, 0.1) is 28.9 Å². The molecule has 0 bridgehead atoms. The van der Waals surface area contributed by atoms with Gasteiger partial charge in [-0.1, -0.05) is 24.3 Å². The van der Waals surface area contributed by atoms with Crippen LogP contribution in [-0.4, -0.2) is 18.1 Å². The molecule has 1 aromatic heterocycles. The molecule has 2 aromatic carbocycles. The maximum absolute atomic E-state index is 12.9. The predicted octanol–water partition coefficient (Wildman–Crippen LogP) is 5.21. The van der Waals surface area contributed by atoms with Gasteiger partial charge < -0.3 is 4.74 Å². The fourth-order valence-electron chi connectivity index (χ4n) is 2.48. The number of nitrogens with zero attached hydrogens (tertiary/aromatic N) is 1. The van der Waals surface area contributed by atoms with Gasteiger partial charge in [-0.25, -0.2) is 9.78 Å². The number of benzene rings is 2. The Bertz CT molecular complexity index is 934. The molecule has 134 valence electrons. The van der Waals surface area contributed by atoms with E-state index in [9.17, 15) is 18.0 Å². The van der Waals surface area contributed by atoms with Crippen LogP contribution in [-0.2, 0) is 17.3 Å². The normalized spacial score (nSPS) is 11.4. The molecule has 0 aliphatic carbocycles. The molecule has 0 N–H and O–H groups in total. The molecule has 0 aliphatic heterocycles. The van der Waals surface area contributed by atoms with Gasteiger partial charge in [0.25, 0.3) is 0 Å². The van der Waals surface area contributed by atoms with Crippen molar-refractivity contribution in [1.29, 1.82) is 0 Å². The van der Waals surface area contributed by atoms with Gasteiger partial charge in [0.2, 0.25) is 0 Å². The second-order valence-corrected chi connectivity index (χ2v) is 6.52. The van der Waals surface area contributed by atoms with Crippen molar-refractivity contribution in [2.24, 2.45) is 0 Å². The van der Waals surface area contributed by atoms with Gasteiger partial charge in [0.15, 0.2) is 0 Å². The van der Waals surface area contributed by atoms with E-state index < -0.39 is 17.7 Å². The van der Waals surface area contributed by atoms with Crippen LogP contribution in [0.2, 0.25) is 0 Å². The fourth-order valence-corrected chi connectivity index (χ4v) is 3.32. The van der Waals surface area contributed by atoms with Crippen LogP contribution in [0.3, 0.4) is 0 Å². The highest BCUT2D eigenvalue weighted by Crippen LogP contribution is 2.32. The summed E-state index contributed by atoms with van der Waals surface area (Å²) in [6, 6.07) is 12.1. The largest absolute Gasteiger partial charge is 0.465 e. The van der Waals surface area contributed by atoms with Gasteiger partial charge in [-0.3, -0.25) is 0 Å². The highest BCUT2D eigenvalue weighted by atomic mass is 32.1. The maximum Gasteiger partial charge on any atom is 0.416 e. The van der Waals surface area contributed by atoms with Crippen molar-refractivity contribution in [3.63, 3.8) is 0 Å². The summed E-state index contributed by atoms with van der Waals surface area (Å²) in [7, 11) is 1.32. The van der Waals surface area contributed by atoms with E-state index in [1.165, 1.54) is 24.5 Å². The van der Waals surface area contributed by atoms with Gasteiger partial charge >= 0.3 is 12.1 Å². The molecule has 0 saturated carbocycles. The van der Waals surface area contributed by atoms with E-state index in [1.807, 2.05) is 6.07 Å². The molecule has 3 aromatic rings. The second kappa shape index (κ2) is 7.29.